The SMILES string of the molecule is O=C(C[NH+]1CCC(=C(c2ccsc2)c2ccsc2)CC1)OCC1COc2ccccc2O1.[Cl-]. The van der Waals surface area contributed by atoms with E-state index in [1.807, 2.05) is 24.3 Å². The van der Waals surface area contributed by atoms with Gasteiger partial charge in [-0.25, -0.2) is 4.79 Å². The van der Waals surface area contributed by atoms with Crippen molar-refractivity contribution < 1.29 is 36.3 Å². The summed E-state index contributed by atoms with van der Waals surface area (Å²) in [6.07, 6.45) is 1.73. The van der Waals surface area contributed by atoms with E-state index in [4.69, 9.17) is 14.2 Å². The minimum absolute atomic E-state index is 0. The van der Waals surface area contributed by atoms with Crippen LogP contribution in [-0.4, -0.2) is 44.9 Å². The quantitative estimate of drug-likeness (QED) is 0.503. The summed E-state index contributed by atoms with van der Waals surface area (Å²) in [6, 6.07) is 12.0. The first-order chi connectivity index (χ1) is 15.8. The highest BCUT2D eigenvalue weighted by molar-refractivity contribution is 7.08. The van der Waals surface area contributed by atoms with E-state index in [2.05, 4.69) is 33.7 Å². The van der Waals surface area contributed by atoms with Gasteiger partial charge in [0.1, 0.15) is 13.2 Å². The molecule has 1 unspecified atom stereocenters. The van der Waals surface area contributed by atoms with Gasteiger partial charge in [0.25, 0.3) is 0 Å². The number of piperidine rings is 1. The molecule has 5 rings (SSSR count). The molecule has 1 fully saturated rings. The van der Waals surface area contributed by atoms with Gasteiger partial charge in [0, 0.05) is 12.8 Å². The van der Waals surface area contributed by atoms with E-state index >= 15 is 0 Å². The van der Waals surface area contributed by atoms with Crippen molar-refractivity contribution in [2.75, 3.05) is 32.8 Å². The Hall–Kier alpha value is -2.32. The maximum atomic E-state index is 12.4. The van der Waals surface area contributed by atoms with Gasteiger partial charge in [0.2, 0.25) is 0 Å². The Labute approximate surface area is 208 Å². The highest BCUT2D eigenvalue weighted by Crippen LogP contribution is 2.33. The van der Waals surface area contributed by atoms with Crippen molar-refractivity contribution in [3.8, 4) is 11.5 Å². The van der Waals surface area contributed by atoms with Gasteiger partial charge in [-0.05, 0) is 62.5 Å². The summed E-state index contributed by atoms with van der Waals surface area (Å²) >= 11 is 3.47. The molecule has 174 valence electrons. The number of hydrogen-bond acceptors (Lipinski definition) is 6. The summed E-state index contributed by atoms with van der Waals surface area (Å²) in [5, 5.41) is 8.73. The Balaban J connectivity index is 0.00000259. The van der Waals surface area contributed by atoms with Crippen LogP contribution in [0, 0.1) is 0 Å². The first-order valence-corrected chi connectivity index (χ1v) is 12.8. The smallest absolute Gasteiger partial charge is 0.361 e. The lowest BCUT2D eigenvalue weighted by atomic mass is 9.91. The molecule has 33 heavy (non-hydrogen) atoms. The molecule has 3 aromatic rings. The van der Waals surface area contributed by atoms with E-state index in [-0.39, 0.29) is 31.1 Å². The lowest BCUT2D eigenvalue weighted by Crippen LogP contribution is -3.13. The Morgan fingerprint density at radius 3 is 2.30 bits per heavy atom. The summed E-state index contributed by atoms with van der Waals surface area (Å²) in [5.74, 6) is 1.26. The minimum Gasteiger partial charge on any atom is -1.00 e. The van der Waals surface area contributed by atoms with Crippen molar-refractivity contribution in [2.45, 2.75) is 18.9 Å². The monoisotopic (exact) mass is 503 g/mol. The normalized spacial score (nSPS) is 19.5. The number of likely N-dealkylation sites (tertiary alicyclic amines) is 1. The molecule has 0 aliphatic carbocycles. The number of quaternary nitrogens is 1. The topological polar surface area (TPSA) is 49.2 Å². The third kappa shape index (κ3) is 5.79. The van der Waals surface area contributed by atoms with E-state index in [1.165, 1.54) is 27.2 Å². The van der Waals surface area contributed by atoms with Gasteiger partial charge in [-0.15, -0.1) is 0 Å². The van der Waals surface area contributed by atoms with Crippen LogP contribution in [0.5, 0.6) is 11.5 Å². The average molecular weight is 504 g/mol. The lowest BCUT2D eigenvalue weighted by molar-refractivity contribution is -0.895. The molecule has 1 N–H and O–H groups in total. The van der Waals surface area contributed by atoms with Crippen LogP contribution in [-0.2, 0) is 9.53 Å². The van der Waals surface area contributed by atoms with E-state index in [0.717, 1.165) is 31.7 Å². The molecule has 2 aliphatic rings. The molecule has 1 atom stereocenters. The molecule has 2 aliphatic heterocycles. The van der Waals surface area contributed by atoms with Crippen molar-refractivity contribution in [3.63, 3.8) is 0 Å². The molecule has 0 spiro atoms. The second-order valence-corrected chi connectivity index (χ2v) is 9.67. The van der Waals surface area contributed by atoms with Crippen LogP contribution in [0.3, 0.4) is 0 Å². The average Bonchev–Trinajstić information content (AvgIpc) is 3.54. The van der Waals surface area contributed by atoms with Gasteiger partial charge in [-0.3, -0.25) is 0 Å². The van der Waals surface area contributed by atoms with E-state index in [0.29, 0.717) is 18.9 Å². The first kappa shape index (κ1) is 23.8. The maximum absolute atomic E-state index is 12.4. The van der Waals surface area contributed by atoms with Gasteiger partial charge in [-0.2, -0.15) is 22.7 Å². The van der Waals surface area contributed by atoms with Crippen LogP contribution in [0.2, 0.25) is 0 Å². The van der Waals surface area contributed by atoms with Gasteiger partial charge in [-0.1, -0.05) is 17.7 Å². The van der Waals surface area contributed by atoms with Crippen LogP contribution >= 0.6 is 22.7 Å². The summed E-state index contributed by atoms with van der Waals surface area (Å²) in [6.45, 7) is 2.88. The highest BCUT2D eigenvalue weighted by Gasteiger charge is 2.26. The molecule has 1 aromatic carbocycles. The molecule has 0 radical (unpaired) electrons. The number of nitrogens with one attached hydrogen (secondary N) is 1. The Kier molecular flexibility index (Phi) is 8.09. The first-order valence-electron chi connectivity index (χ1n) is 10.9. The number of carbonyl (C=O) groups excluding carboxylic acids is 1. The van der Waals surface area contributed by atoms with Crippen molar-refractivity contribution in [1.29, 1.82) is 0 Å². The number of fused-ring (bicyclic) bond motifs is 1. The number of carbonyl (C=O) groups is 1. The Bertz CT molecular complexity index is 1040. The fourth-order valence-electron chi connectivity index (χ4n) is 4.31. The predicted octanol–water partition coefficient (Wildman–Crippen LogP) is 0.677. The molecule has 8 heteroatoms. The zero-order valence-corrected chi connectivity index (χ0v) is 20.5. The third-order valence-electron chi connectivity index (χ3n) is 5.93. The number of benzene rings is 1. The predicted molar refractivity (Wildman–Crippen MR) is 127 cm³/mol. The minimum atomic E-state index is -0.265. The van der Waals surface area contributed by atoms with Crippen LogP contribution in [0.25, 0.3) is 5.57 Å². The Morgan fingerprint density at radius 2 is 1.67 bits per heavy atom. The van der Waals surface area contributed by atoms with Gasteiger partial charge >= 0.3 is 5.97 Å². The highest BCUT2D eigenvalue weighted by atomic mass is 35.5. The largest absolute Gasteiger partial charge is 1.00 e. The van der Waals surface area contributed by atoms with Crippen LogP contribution in [0.4, 0.5) is 0 Å². The number of halogens is 1. The van der Waals surface area contributed by atoms with Gasteiger partial charge < -0.3 is 31.5 Å². The molecular formula is C25H26ClNO4S2. The van der Waals surface area contributed by atoms with E-state index < -0.39 is 0 Å². The van der Waals surface area contributed by atoms with Crippen molar-refractivity contribution in [2.24, 2.45) is 0 Å². The zero-order chi connectivity index (χ0) is 21.8. The molecule has 0 bridgehead atoms. The number of hydrogen-bond donors (Lipinski definition) is 1. The molecule has 2 aromatic heterocycles. The second-order valence-electron chi connectivity index (χ2n) is 8.11. The van der Waals surface area contributed by atoms with Gasteiger partial charge in [0.15, 0.2) is 24.1 Å². The number of para-hydroxylation sites is 2. The third-order valence-corrected chi connectivity index (χ3v) is 7.29. The van der Waals surface area contributed by atoms with Crippen LogP contribution < -0.4 is 26.8 Å². The maximum Gasteiger partial charge on any atom is 0.361 e. The van der Waals surface area contributed by atoms with Crippen molar-refractivity contribution in [1.82, 2.24) is 0 Å². The molecule has 5 nitrogen and oxygen atoms in total. The lowest BCUT2D eigenvalue weighted by Gasteiger charge is -2.28. The zero-order valence-electron chi connectivity index (χ0n) is 18.1. The summed E-state index contributed by atoms with van der Waals surface area (Å²) < 4.78 is 17.1. The molecule has 0 amide bonds. The summed E-state index contributed by atoms with van der Waals surface area (Å²) in [7, 11) is 0. The number of rotatable bonds is 6. The molecule has 1 saturated heterocycles. The fourth-order valence-corrected chi connectivity index (χ4v) is 5.60. The summed E-state index contributed by atoms with van der Waals surface area (Å²) in [4.78, 5) is 13.7. The van der Waals surface area contributed by atoms with Crippen molar-refractivity contribution in [3.05, 3.63) is 74.6 Å². The fraction of sp³-hybridized carbons (Fsp3) is 0.320. The van der Waals surface area contributed by atoms with Gasteiger partial charge in [0.05, 0.1) is 13.1 Å². The summed E-state index contributed by atoms with van der Waals surface area (Å²) in [5.41, 5.74) is 5.49. The standard InChI is InChI=1S/C25H25NO4S2.ClH/c27-24(29-15-21-14-28-22-3-1-2-4-23(22)30-21)13-26-9-5-18(6-10-26)25(19-7-11-31-16-19)20-8-12-32-17-20;/h1-4,7-8,11-12,16-17,21H,5-6,9-10,13-15H2;1H. The number of ether oxygens (including phenoxy) is 3. The van der Waals surface area contributed by atoms with E-state index in [9.17, 15) is 4.79 Å². The van der Waals surface area contributed by atoms with Crippen LogP contribution in [0.1, 0.15) is 24.0 Å². The second kappa shape index (κ2) is 11.2. The van der Waals surface area contributed by atoms with Crippen LogP contribution in [0.15, 0.2) is 63.5 Å². The van der Waals surface area contributed by atoms with E-state index in [1.54, 1.807) is 22.7 Å². The van der Waals surface area contributed by atoms with Crippen molar-refractivity contribution >= 4 is 34.2 Å². The number of esters is 1. The molecule has 0 saturated carbocycles. The Morgan fingerprint density at radius 1 is 1.00 bits per heavy atom. The molecular weight excluding hydrogens is 478 g/mol. The molecule has 4 heterocycles. The number of thiophene rings is 2.